The molecule has 3 heteroatoms. The van der Waals surface area contributed by atoms with Crippen LogP contribution in [0.1, 0.15) is 61.4 Å². The molecule has 0 N–H and O–H groups in total. The van der Waals surface area contributed by atoms with E-state index in [0.717, 1.165) is 32.0 Å². The van der Waals surface area contributed by atoms with Gasteiger partial charge in [0.25, 0.3) is 0 Å². The third kappa shape index (κ3) is 3.85. The predicted molar refractivity (Wildman–Crippen MR) is 122 cm³/mol. The fourth-order valence-electron chi connectivity index (χ4n) is 5.21. The molecule has 5 rings (SSSR count). The van der Waals surface area contributed by atoms with Gasteiger partial charge in [-0.15, -0.1) is 0 Å². The quantitative estimate of drug-likeness (QED) is 0.538. The highest BCUT2D eigenvalue weighted by Crippen LogP contribution is 2.39. The molecule has 0 saturated heterocycles. The Labute approximate surface area is 175 Å². The monoisotopic (exact) mass is 389 g/mol. The van der Waals surface area contributed by atoms with E-state index in [9.17, 15) is 0 Å². The third-order valence-electron chi connectivity index (χ3n) is 7.02. The second kappa shape index (κ2) is 8.31. The number of aryl methyl sites for hydroxylation is 1. The Balaban J connectivity index is 0.00000205. The van der Waals surface area contributed by atoms with E-state index in [-0.39, 0.29) is 7.43 Å². The molecule has 1 aromatic carbocycles. The van der Waals surface area contributed by atoms with Gasteiger partial charge in [0.1, 0.15) is 0 Å². The molecule has 3 nitrogen and oxygen atoms in total. The van der Waals surface area contributed by atoms with Gasteiger partial charge in [-0.05, 0) is 61.7 Å². The van der Waals surface area contributed by atoms with Crippen LogP contribution < -0.4 is 0 Å². The molecular formula is C26H35N3. The number of benzene rings is 1. The molecule has 29 heavy (non-hydrogen) atoms. The molecule has 2 aliphatic rings. The van der Waals surface area contributed by atoms with Crippen LogP contribution in [0.5, 0.6) is 0 Å². The molecule has 1 unspecified atom stereocenters. The average molecular weight is 390 g/mol. The van der Waals surface area contributed by atoms with E-state index in [4.69, 9.17) is 0 Å². The van der Waals surface area contributed by atoms with E-state index in [1.165, 1.54) is 47.7 Å². The van der Waals surface area contributed by atoms with Crippen molar-refractivity contribution < 1.29 is 0 Å². The first-order chi connectivity index (χ1) is 13.7. The van der Waals surface area contributed by atoms with Crippen LogP contribution in [0, 0.1) is 12.8 Å². The summed E-state index contributed by atoms with van der Waals surface area (Å²) >= 11 is 0. The molecule has 1 saturated carbocycles. The number of fused-ring (bicyclic) bond motifs is 3. The minimum atomic E-state index is 0. The van der Waals surface area contributed by atoms with Crippen LogP contribution in [0.2, 0.25) is 0 Å². The molecule has 0 amide bonds. The smallest absolute Gasteiger partial charge is 0.0486 e. The van der Waals surface area contributed by atoms with Crippen LogP contribution in [0.25, 0.3) is 10.9 Å². The van der Waals surface area contributed by atoms with Crippen molar-refractivity contribution in [2.24, 2.45) is 5.92 Å². The molecule has 154 valence electrons. The molecule has 3 aromatic rings. The predicted octanol–water partition coefficient (Wildman–Crippen LogP) is 5.94. The van der Waals surface area contributed by atoms with Crippen molar-refractivity contribution in [3.05, 3.63) is 65.1 Å². The number of nitrogens with zero attached hydrogens (tertiary/aromatic N) is 3. The normalized spacial score (nSPS) is 18.1. The lowest BCUT2D eigenvalue weighted by molar-refractivity contribution is 0.265. The Hall–Kier alpha value is -2.13. The van der Waals surface area contributed by atoms with E-state index in [1.54, 1.807) is 11.3 Å². The van der Waals surface area contributed by atoms with Gasteiger partial charge in [0.2, 0.25) is 0 Å². The maximum Gasteiger partial charge on any atom is 0.0486 e. The molecule has 0 radical (unpaired) electrons. The maximum atomic E-state index is 4.26. The Morgan fingerprint density at radius 1 is 1.14 bits per heavy atom. The summed E-state index contributed by atoms with van der Waals surface area (Å²) < 4.78 is 2.67. The lowest BCUT2D eigenvalue weighted by atomic mass is 9.77. The third-order valence-corrected chi connectivity index (χ3v) is 7.02. The maximum absolute atomic E-state index is 4.26. The van der Waals surface area contributed by atoms with Crippen molar-refractivity contribution in [3.8, 4) is 0 Å². The molecule has 1 aliphatic carbocycles. The number of pyridine rings is 1. The second-order valence-corrected chi connectivity index (χ2v) is 9.05. The SMILES string of the molecule is C.Cc1ccc2c(c1)c1c(n2CC(CC2CCC2)c2ccncc2)CCN(C)C1. The number of likely N-dealkylation sites (N-methyl/N-ethyl adjacent to an activating group) is 1. The van der Waals surface area contributed by atoms with Crippen molar-refractivity contribution in [3.63, 3.8) is 0 Å². The van der Waals surface area contributed by atoms with Crippen molar-refractivity contribution in [1.82, 2.24) is 14.5 Å². The van der Waals surface area contributed by atoms with Crippen LogP contribution in [0.3, 0.4) is 0 Å². The molecule has 0 bridgehead atoms. The van der Waals surface area contributed by atoms with Gasteiger partial charge in [-0.25, -0.2) is 0 Å². The summed E-state index contributed by atoms with van der Waals surface area (Å²) in [6, 6.07) is 11.5. The summed E-state index contributed by atoms with van der Waals surface area (Å²) in [5.41, 5.74) is 7.38. The highest BCUT2D eigenvalue weighted by Gasteiger charge is 2.27. The van der Waals surface area contributed by atoms with Gasteiger partial charge >= 0.3 is 0 Å². The van der Waals surface area contributed by atoms with E-state index >= 15 is 0 Å². The van der Waals surface area contributed by atoms with E-state index < -0.39 is 0 Å². The number of rotatable bonds is 5. The molecule has 1 aliphatic heterocycles. The first-order valence-electron chi connectivity index (χ1n) is 10.9. The van der Waals surface area contributed by atoms with E-state index in [1.807, 2.05) is 12.4 Å². The molecule has 3 heterocycles. The van der Waals surface area contributed by atoms with E-state index in [0.29, 0.717) is 5.92 Å². The lowest BCUT2D eigenvalue weighted by Crippen LogP contribution is -2.28. The Morgan fingerprint density at radius 3 is 2.66 bits per heavy atom. The largest absolute Gasteiger partial charge is 0.344 e. The van der Waals surface area contributed by atoms with Gasteiger partial charge in [0.05, 0.1) is 0 Å². The zero-order valence-electron chi connectivity index (χ0n) is 17.2. The molecule has 2 aromatic heterocycles. The number of hydrogen-bond donors (Lipinski definition) is 0. The van der Waals surface area contributed by atoms with Gasteiger partial charge in [0, 0.05) is 61.0 Å². The Kier molecular flexibility index (Phi) is 5.78. The summed E-state index contributed by atoms with van der Waals surface area (Å²) in [7, 11) is 2.25. The summed E-state index contributed by atoms with van der Waals surface area (Å²) in [4.78, 5) is 6.73. The standard InChI is InChI=1S/C25H31N3.CH4/c1-18-6-7-24-22(14-18)23-17-27(2)13-10-25(23)28(24)16-21(15-19-4-3-5-19)20-8-11-26-12-9-20;/h6-9,11-12,14,19,21H,3-5,10,13,15-17H2,1-2H3;1H4. The lowest BCUT2D eigenvalue weighted by Gasteiger charge is -2.31. The second-order valence-electron chi connectivity index (χ2n) is 9.05. The van der Waals surface area contributed by atoms with Gasteiger partial charge in [0.15, 0.2) is 0 Å². The van der Waals surface area contributed by atoms with Crippen LogP contribution >= 0.6 is 0 Å². The highest BCUT2D eigenvalue weighted by atomic mass is 15.1. The topological polar surface area (TPSA) is 21.1 Å². The molecule has 1 fully saturated rings. The Morgan fingerprint density at radius 2 is 1.93 bits per heavy atom. The molecule has 0 spiro atoms. The highest BCUT2D eigenvalue weighted by molar-refractivity contribution is 5.86. The fourth-order valence-corrected chi connectivity index (χ4v) is 5.21. The Bertz CT molecular complexity index is 969. The zero-order chi connectivity index (χ0) is 19.1. The fraction of sp³-hybridized carbons (Fsp3) is 0.500. The van der Waals surface area contributed by atoms with Gasteiger partial charge in [-0.2, -0.15) is 0 Å². The minimum Gasteiger partial charge on any atom is -0.344 e. The summed E-state index contributed by atoms with van der Waals surface area (Å²) in [6.45, 7) is 5.54. The minimum absolute atomic E-state index is 0. The van der Waals surface area contributed by atoms with Gasteiger partial charge in [-0.3, -0.25) is 4.98 Å². The van der Waals surface area contributed by atoms with Gasteiger partial charge < -0.3 is 9.47 Å². The van der Waals surface area contributed by atoms with Gasteiger partial charge in [-0.1, -0.05) is 38.3 Å². The summed E-state index contributed by atoms with van der Waals surface area (Å²) in [5.74, 6) is 1.48. The first-order valence-corrected chi connectivity index (χ1v) is 10.9. The van der Waals surface area contributed by atoms with Crippen molar-refractivity contribution >= 4 is 10.9 Å². The first kappa shape index (κ1) is 20.2. The number of aromatic nitrogens is 2. The summed E-state index contributed by atoms with van der Waals surface area (Å²) in [5, 5.41) is 1.47. The van der Waals surface area contributed by atoms with Crippen molar-refractivity contribution in [2.75, 3.05) is 13.6 Å². The van der Waals surface area contributed by atoms with Crippen molar-refractivity contribution in [2.45, 2.75) is 65.5 Å². The number of hydrogen-bond acceptors (Lipinski definition) is 2. The van der Waals surface area contributed by atoms with Crippen LogP contribution in [-0.4, -0.2) is 28.0 Å². The summed E-state index contributed by atoms with van der Waals surface area (Å²) in [6.07, 6.45) is 10.6. The molecule has 1 atom stereocenters. The van der Waals surface area contributed by atoms with Crippen LogP contribution in [-0.2, 0) is 19.5 Å². The van der Waals surface area contributed by atoms with E-state index in [2.05, 4.69) is 58.8 Å². The van der Waals surface area contributed by atoms with Crippen molar-refractivity contribution in [1.29, 1.82) is 0 Å². The molecular weight excluding hydrogens is 354 g/mol. The van der Waals surface area contributed by atoms with Crippen LogP contribution in [0.15, 0.2) is 42.7 Å². The van der Waals surface area contributed by atoms with Crippen LogP contribution in [0.4, 0.5) is 0 Å². The zero-order valence-corrected chi connectivity index (χ0v) is 17.2. The average Bonchev–Trinajstić information content (AvgIpc) is 2.96.